The molecule has 5 rings (SSSR count). The van der Waals surface area contributed by atoms with Crippen molar-refractivity contribution >= 4 is 47.3 Å². The molecule has 8 atom stereocenters. The minimum Gasteiger partial charge on any atom is -0.350 e. The van der Waals surface area contributed by atoms with Gasteiger partial charge in [0.05, 0.1) is 12.1 Å². The van der Waals surface area contributed by atoms with Crippen LogP contribution in [-0.2, 0) is 28.8 Å². The van der Waals surface area contributed by atoms with Crippen molar-refractivity contribution in [1.29, 1.82) is 0 Å². The molecule has 402 valence electrons. The summed E-state index contributed by atoms with van der Waals surface area (Å²) in [6.07, 6.45) is 12.2. The number of rotatable bonds is 20. The lowest BCUT2D eigenvalue weighted by molar-refractivity contribution is -0.144. The third kappa shape index (κ3) is 15.5. The van der Waals surface area contributed by atoms with Crippen LogP contribution in [-0.4, -0.2) is 146 Å². The Kier molecular flexibility index (Phi) is 21.0. The second-order valence-corrected chi connectivity index (χ2v) is 23.0. The predicted molar refractivity (Wildman–Crippen MR) is 277 cm³/mol. The molecule has 72 heavy (non-hydrogen) atoms. The second kappa shape index (κ2) is 26.2. The summed E-state index contributed by atoms with van der Waals surface area (Å²) in [5.41, 5.74) is -0.509. The first-order valence-corrected chi connectivity index (χ1v) is 26.9. The topological polar surface area (TPSA) is 239 Å². The Morgan fingerprint density at radius 2 is 0.833 bits per heavy atom. The van der Waals surface area contributed by atoms with Gasteiger partial charge in [-0.15, -0.1) is 0 Å². The fourth-order valence-corrected chi connectivity index (χ4v) is 10.7. The van der Waals surface area contributed by atoms with E-state index in [2.05, 4.69) is 42.5 Å². The Labute approximate surface area is 428 Å². The predicted octanol–water partition coefficient (Wildman–Crippen LogP) is 3.54. The molecule has 8 N–H and O–H groups in total. The Morgan fingerprint density at radius 1 is 0.500 bits per heavy atom. The van der Waals surface area contributed by atoms with E-state index in [1.165, 1.54) is 0 Å². The average molecular weight is 1010 g/mol. The molecule has 2 saturated carbocycles. The molecule has 0 unspecified atom stereocenters. The molecule has 0 radical (unpaired) electrons. The van der Waals surface area contributed by atoms with Crippen molar-refractivity contribution in [3.8, 4) is 0 Å². The molecule has 2 heterocycles. The van der Waals surface area contributed by atoms with E-state index in [1.807, 2.05) is 41.5 Å². The molecular formula is C54H88N10O8. The summed E-state index contributed by atoms with van der Waals surface area (Å²) in [6.45, 7) is 16.0. The molecule has 0 bridgehead atoms. The number of nitrogens with one attached hydrogen (secondary N) is 8. The summed E-state index contributed by atoms with van der Waals surface area (Å²) >= 11 is 0. The van der Waals surface area contributed by atoms with Crippen molar-refractivity contribution in [1.82, 2.24) is 52.3 Å². The number of carbonyl (C=O) groups is 8. The molecule has 0 spiro atoms. The van der Waals surface area contributed by atoms with Crippen molar-refractivity contribution in [3.05, 3.63) is 35.4 Å². The highest BCUT2D eigenvalue weighted by Gasteiger charge is 2.45. The summed E-state index contributed by atoms with van der Waals surface area (Å²) in [5, 5.41) is 24.2. The van der Waals surface area contributed by atoms with Gasteiger partial charge < -0.3 is 52.3 Å². The van der Waals surface area contributed by atoms with E-state index in [0.717, 1.165) is 64.2 Å². The number of likely N-dealkylation sites (tertiary alicyclic amines) is 2. The van der Waals surface area contributed by atoms with Crippen LogP contribution in [0.15, 0.2) is 24.3 Å². The lowest BCUT2D eigenvalue weighted by Crippen LogP contribution is -2.60. The monoisotopic (exact) mass is 1000 g/mol. The van der Waals surface area contributed by atoms with Crippen LogP contribution in [0.1, 0.15) is 166 Å². The van der Waals surface area contributed by atoms with Gasteiger partial charge in [0.15, 0.2) is 0 Å². The minimum absolute atomic E-state index is 0.137. The highest BCUT2D eigenvalue weighted by molar-refractivity contribution is 5.98. The molecule has 2 aliphatic carbocycles. The molecule has 0 aromatic heterocycles. The smallest absolute Gasteiger partial charge is 0.251 e. The number of likely N-dealkylation sites (N-methyl/N-ethyl adjacent to an activating group) is 2. The largest absolute Gasteiger partial charge is 0.350 e. The zero-order chi connectivity index (χ0) is 52.9. The Balaban J connectivity index is 1.20. The van der Waals surface area contributed by atoms with Crippen LogP contribution in [0, 0.1) is 22.7 Å². The summed E-state index contributed by atoms with van der Waals surface area (Å²) < 4.78 is 0. The van der Waals surface area contributed by atoms with E-state index in [1.54, 1.807) is 62.0 Å². The van der Waals surface area contributed by atoms with Gasteiger partial charge in [-0.2, -0.15) is 0 Å². The first kappa shape index (κ1) is 57.8. The maximum atomic E-state index is 14.1. The van der Waals surface area contributed by atoms with E-state index >= 15 is 0 Å². The van der Waals surface area contributed by atoms with Gasteiger partial charge in [0.1, 0.15) is 24.2 Å². The van der Waals surface area contributed by atoms with Crippen LogP contribution in [0.25, 0.3) is 0 Å². The number of hydrogen-bond acceptors (Lipinski definition) is 10. The third-order valence-electron chi connectivity index (χ3n) is 15.6. The van der Waals surface area contributed by atoms with E-state index in [4.69, 9.17) is 0 Å². The zero-order valence-corrected chi connectivity index (χ0v) is 45.0. The fraction of sp³-hybridized carbons (Fsp3) is 0.741. The second-order valence-electron chi connectivity index (χ2n) is 23.0. The summed E-state index contributed by atoms with van der Waals surface area (Å²) in [5.74, 6) is -2.13. The van der Waals surface area contributed by atoms with Gasteiger partial charge in [-0.3, -0.25) is 38.4 Å². The summed E-state index contributed by atoms with van der Waals surface area (Å²) in [6, 6.07) is 1.59. The van der Waals surface area contributed by atoms with E-state index < -0.39 is 47.1 Å². The average Bonchev–Trinajstić information content (AvgIpc) is 4.08. The molecule has 1 aromatic carbocycles. The molecular weight excluding hydrogens is 917 g/mol. The quantitative estimate of drug-likeness (QED) is 0.0946. The van der Waals surface area contributed by atoms with Gasteiger partial charge in [0, 0.05) is 49.4 Å². The van der Waals surface area contributed by atoms with Crippen LogP contribution in [0.4, 0.5) is 0 Å². The van der Waals surface area contributed by atoms with E-state index in [9.17, 15) is 38.4 Å². The molecule has 1 aromatic rings. The third-order valence-corrected chi connectivity index (χ3v) is 15.6. The Bertz CT molecular complexity index is 1900. The number of carbonyl (C=O) groups excluding carboxylic acids is 8. The van der Waals surface area contributed by atoms with Crippen molar-refractivity contribution in [2.75, 3.05) is 40.3 Å². The van der Waals surface area contributed by atoms with Gasteiger partial charge in [0.2, 0.25) is 35.4 Å². The molecule has 4 aliphatic rings. The lowest BCUT2D eigenvalue weighted by Gasteiger charge is -2.37. The standard InChI is InChI=1S/C54H88N10O8/c1-33(55-9)45(65)61-43(53(3,4)5)51(71)63-29-17-23-41(63)49(69)59-39(35-19-13-11-14-20-35)31-57-47(67)37-25-27-38(28-26-37)48(68)58-32-40(36-21-15-12-16-22-36)60-50(70)42-24-18-30-64(42)52(72)44(54(6,7)8)62-46(66)34(2)56-10/h25-28,33-36,39-44,55-56H,11-24,29-32H2,1-10H3,(H,57,67)(H,58,68)(H,59,69)(H,60,70)(H,61,65)(H,62,66)/t33-,34-,39+,40+,41-,42-,43+,44+/m0/s1. The number of benzene rings is 1. The van der Waals surface area contributed by atoms with Crippen molar-refractivity contribution in [2.24, 2.45) is 22.7 Å². The summed E-state index contributed by atoms with van der Waals surface area (Å²) in [4.78, 5) is 113. The van der Waals surface area contributed by atoms with Crippen molar-refractivity contribution < 1.29 is 38.4 Å². The van der Waals surface area contributed by atoms with Crippen molar-refractivity contribution in [3.63, 3.8) is 0 Å². The molecule has 18 heteroatoms. The first-order chi connectivity index (χ1) is 34.0. The maximum absolute atomic E-state index is 14.1. The fourth-order valence-electron chi connectivity index (χ4n) is 10.7. The SMILES string of the molecule is CN[C@@H](C)C(=O)N[C@H](C(=O)N1CCC[C@H]1C(=O)N[C@H](CNC(=O)c1ccc(C(=O)NC[C@@H](NC(=O)[C@@H]2CCCN2C(=O)[C@@H](NC(=O)[C@H](C)NC)C(C)(C)C)C2CCCCC2)cc1)C1CCCCC1)C(C)(C)C. The molecule has 8 amide bonds. The van der Waals surface area contributed by atoms with Gasteiger partial charge in [0.25, 0.3) is 11.8 Å². The lowest BCUT2D eigenvalue weighted by atomic mass is 9.83. The normalized spacial score (nSPS) is 21.6. The van der Waals surface area contributed by atoms with Crippen LogP contribution >= 0.6 is 0 Å². The van der Waals surface area contributed by atoms with E-state index in [0.29, 0.717) is 49.9 Å². The van der Waals surface area contributed by atoms with Gasteiger partial charge in [-0.05, 0) is 126 Å². The van der Waals surface area contributed by atoms with Crippen molar-refractivity contribution in [2.45, 2.75) is 194 Å². The highest BCUT2D eigenvalue weighted by atomic mass is 16.2. The van der Waals surface area contributed by atoms with Crippen LogP contribution < -0.4 is 42.5 Å². The Hall–Kier alpha value is -5.10. The minimum atomic E-state index is -0.831. The number of amides is 8. The van der Waals surface area contributed by atoms with Crippen LogP contribution in [0.5, 0.6) is 0 Å². The maximum Gasteiger partial charge on any atom is 0.251 e. The van der Waals surface area contributed by atoms with Crippen LogP contribution in [0.3, 0.4) is 0 Å². The van der Waals surface area contributed by atoms with Crippen LogP contribution in [0.2, 0.25) is 0 Å². The van der Waals surface area contributed by atoms with E-state index in [-0.39, 0.29) is 84.3 Å². The Morgan fingerprint density at radius 3 is 1.14 bits per heavy atom. The number of nitrogens with zero attached hydrogens (tertiary/aromatic N) is 2. The molecule has 2 saturated heterocycles. The molecule has 18 nitrogen and oxygen atoms in total. The van der Waals surface area contributed by atoms with Gasteiger partial charge in [-0.1, -0.05) is 80.1 Å². The molecule has 2 aliphatic heterocycles. The number of hydrogen-bond donors (Lipinski definition) is 8. The van der Waals surface area contributed by atoms with Gasteiger partial charge >= 0.3 is 0 Å². The first-order valence-electron chi connectivity index (χ1n) is 26.9. The summed E-state index contributed by atoms with van der Waals surface area (Å²) in [7, 11) is 3.36. The van der Waals surface area contributed by atoms with Gasteiger partial charge in [-0.25, -0.2) is 0 Å². The molecule has 4 fully saturated rings. The highest BCUT2D eigenvalue weighted by Crippen LogP contribution is 2.31. The zero-order valence-electron chi connectivity index (χ0n) is 45.0.